The minimum Gasteiger partial charge on any atom is -0.322 e. The van der Waals surface area contributed by atoms with Gasteiger partial charge in [0.15, 0.2) is 0 Å². The van der Waals surface area contributed by atoms with E-state index in [1.165, 1.54) is 5.56 Å². The monoisotopic (exact) mass is 406 g/mol. The summed E-state index contributed by atoms with van der Waals surface area (Å²) in [6.07, 6.45) is 1.75. The van der Waals surface area contributed by atoms with Crippen LogP contribution in [0.5, 0.6) is 0 Å². The molecule has 3 rings (SSSR count). The second kappa shape index (κ2) is 10.1. The molecule has 2 amide bonds. The van der Waals surface area contributed by atoms with Gasteiger partial charge in [-0.1, -0.05) is 31.2 Å². The molecule has 0 saturated heterocycles. The van der Waals surface area contributed by atoms with Crippen molar-refractivity contribution >= 4 is 22.6 Å². The minimum atomic E-state index is -0.207. The second-order valence-corrected chi connectivity index (χ2v) is 7.77. The molecular formula is C24H30N4O2. The van der Waals surface area contributed by atoms with Crippen LogP contribution < -0.4 is 10.9 Å². The molecular weight excluding hydrogens is 376 g/mol. The molecule has 6 nitrogen and oxygen atoms in total. The van der Waals surface area contributed by atoms with Crippen molar-refractivity contribution in [2.24, 2.45) is 0 Å². The van der Waals surface area contributed by atoms with E-state index in [1.54, 1.807) is 4.90 Å². The Morgan fingerprint density at radius 1 is 1.03 bits per heavy atom. The maximum atomic E-state index is 13.0. The Bertz CT molecular complexity index is 1040. The van der Waals surface area contributed by atoms with E-state index in [-0.39, 0.29) is 18.1 Å². The lowest BCUT2D eigenvalue weighted by Crippen LogP contribution is -2.37. The highest BCUT2D eigenvalue weighted by molar-refractivity contribution is 5.89. The number of anilines is 1. The van der Waals surface area contributed by atoms with Crippen LogP contribution in [0.2, 0.25) is 0 Å². The quantitative estimate of drug-likeness (QED) is 0.592. The van der Waals surface area contributed by atoms with Crippen molar-refractivity contribution in [1.29, 1.82) is 0 Å². The highest BCUT2D eigenvalue weighted by atomic mass is 16.2. The van der Waals surface area contributed by atoms with E-state index >= 15 is 0 Å². The molecule has 0 radical (unpaired) electrons. The van der Waals surface area contributed by atoms with Crippen molar-refractivity contribution < 1.29 is 4.79 Å². The molecule has 0 bridgehead atoms. The number of rotatable bonds is 8. The van der Waals surface area contributed by atoms with Crippen molar-refractivity contribution in [1.82, 2.24) is 14.8 Å². The van der Waals surface area contributed by atoms with Gasteiger partial charge in [-0.05, 0) is 74.8 Å². The Morgan fingerprint density at radius 2 is 1.80 bits per heavy atom. The number of carbonyl (C=O) groups excluding carboxylic acids is 1. The fourth-order valence-corrected chi connectivity index (χ4v) is 3.40. The van der Waals surface area contributed by atoms with Gasteiger partial charge in [-0.25, -0.2) is 4.79 Å². The van der Waals surface area contributed by atoms with Crippen LogP contribution in [0.4, 0.5) is 10.5 Å². The van der Waals surface area contributed by atoms with Gasteiger partial charge in [0.1, 0.15) is 0 Å². The molecule has 0 aliphatic rings. The van der Waals surface area contributed by atoms with Crippen LogP contribution in [-0.4, -0.2) is 48.0 Å². The van der Waals surface area contributed by atoms with Crippen molar-refractivity contribution in [3.63, 3.8) is 0 Å². The number of carbonyl (C=O) groups is 1. The number of benzene rings is 2. The molecule has 0 aliphatic carbocycles. The Hall–Kier alpha value is -3.12. The SMILES string of the molecule is CCc1ccc2[nH]c(=O)c(CN(CCCN(C)C)C(=O)Nc3ccccc3)cc2c1. The number of pyridine rings is 1. The first kappa shape index (κ1) is 21.6. The Morgan fingerprint density at radius 3 is 2.50 bits per heavy atom. The van der Waals surface area contributed by atoms with Crippen molar-refractivity contribution in [2.45, 2.75) is 26.3 Å². The van der Waals surface area contributed by atoms with Gasteiger partial charge < -0.3 is 20.1 Å². The summed E-state index contributed by atoms with van der Waals surface area (Å²) in [5.41, 5.74) is 3.19. The van der Waals surface area contributed by atoms with E-state index in [9.17, 15) is 9.59 Å². The normalized spacial score (nSPS) is 11.1. The molecule has 158 valence electrons. The number of para-hydroxylation sites is 1. The van der Waals surface area contributed by atoms with Crippen LogP contribution in [0.3, 0.4) is 0 Å². The average molecular weight is 407 g/mol. The number of fused-ring (bicyclic) bond motifs is 1. The van der Waals surface area contributed by atoms with Crippen LogP contribution in [0, 0.1) is 0 Å². The smallest absolute Gasteiger partial charge is 0.322 e. The number of aromatic nitrogens is 1. The van der Waals surface area contributed by atoms with E-state index in [0.717, 1.165) is 36.0 Å². The van der Waals surface area contributed by atoms with Gasteiger partial charge >= 0.3 is 6.03 Å². The summed E-state index contributed by atoms with van der Waals surface area (Å²) in [6, 6.07) is 17.1. The van der Waals surface area contributed by atoms with Crippen molar-refractivity contribution in [2.75, 3.05) is 32.5 Å². The lowest BCUT2D eigenvalue weighted by molar-refractivity contribution is 0.205. The number of nitrogens with one attached hydrogen (secondary N) is 2. The van der Waals surface area contributed by atoms with E-state index in [0.29, 0.717) is 12.1 Å². The summed E-state index contributed by atoms with van der Waals surface area (Å²) >= 11 is 0. The summed E-state index contributed by atoms with van der Waals surface area (Å²) < 4.78 is 0. The molecule has 1 heterocycles. The Kier molecular flexibility index (Phi) is 7.25. The maximum absolute atomic E-state index is 13.0. The zero-order chi connectivity index (χ0) is 21.5. The molecule has 0 spiro atoms. The predicted molar refractivity (Wildman–Crippen MR) is 123 cm³/mol. The first-order valence-corrected chi connectivity index (χ1v) is 10.4. The first-order valence-electron chi connectivity index (χ1n) is 10.4. The number of aryl methyl sites for hydroxylation is 1. The van der Waals surface area contributed by atoms with E-state index in [1.807, 2.05) is 62.6 Å². The van der Waals surface area contributed by atoms with Crippen LogP contribution in [0.15, 0.2) is 59.4 Å². The van der Waals surface area contributed by atoms with Crippen molar-refractivity contribution in [3.05, 3.63) is 76.1 Å². The summed E-state index contributed by atoms with van der Waals surface area (Å²) in [6.45, 7) is 3.79. The van der Waals surface area contributed by atoms with Crippen LogP contribution in [0.1, 0.15) is 24.5 Å². The zero-order valence-electron chi connectivity index (χ0n) is 17.9. The molecule has 2 N–H and O–H groups in total. The number of urea groups is 1. The molecule has 0 aliphatic heterocycles. The van der Waals surface area contributed by atoms with Gasteiger partial charge in [-0.3, -0.25) is 4.79 Å². The Balaban J connectivity index is 1.84. The van der Waals surface area contributed by atoms with Crippen LogP contribution in [-0.2, 0) is 13.0 Å². The van der Waals surface area contributed by atoms with Gasteiger partial charge in [-0.15, -0.1) is 0 Å². The van der Waals surface area contributed by atoms with Crippen LogP contribution in [0.25, 0.3) is 10.9 Å². The molecule has 0 atom stereocenters. The summed E-state index contributed by atoms with van der Waals surface area (Å²) in [5, 5.41) is 3.92. The summed E-state index contributed by atoms with van der Waals surface area (Å²) in [4.78, 5) is 32.4. The third-order valence-electron chi connectivity index (χ3n) is 5.10. The standard InChI is InChI=1S/C24H30N4O2/c1-4-18-11-12-22-19(15-18)16-20(23(29)26-22)17-28(14-8-13-27(2)3)24(30)25-21-9-6-5-7-10-21/h5-7,9-12,15-16H,4,8,13-14,17H2,1-3H3,(H,25,30)(H,26,29). The molecule has 6 heteroatoms. The highest BCUT2D eigenvalue weighted by Crippen LogP contribution is 2.16. The number of hydrogen-bond donors (Lipinski definition) is 2. The number of H-pyrrole nitrogens is 1. The number of amides is 2. The van der Waals surface area contributed by atoms with Gasteiger partial charge in [0.05, 0.1) is 6.54 Å². The fourth-order valence-electron chi connectivity index (χ4n) is 3.40. The second-order valence-electron chi connectivity index (χ2n) is 7.77. The topological polar surface area (TPSA) is 68.4 Å². The fraction of sp³-hybridized carbons (Fsp3) is 0.333. The first-order chi connectivity index (χ1) is 14.5. The average Bonchev–Trinajstić information content (AvgIpc) is 2.73. The maximum Gasteiger partial charge on any atom is 0.322 e. The van der Waals surface area contributed by atoms with E-state index in [2.05, 4.69) is 28.2 Å². The lowest BCUT2D eigenvalue weighted by Gasteiger charge is -2.24. The largest absolute Gasteiger partial charge is 0.322 e. The number of nitrogens with zero attached hydrogens (tertiary/aromatic N) is 2. The highest BCUT2D eigenvalue weighted by Gasteiger charge is 2.16. The zero-order valence-corrected chi connectivity index (χ0v) is 17.9. The predicted octanol–water partition coefficient (Wildman–Crippen LogP) is 4.08. The van der Waals surface area contributed by atoms with E-state index in [4.69, 9.17) is 0 Å². The number of hydrogen-bond acceptors (Lipinski definition) is 3. The van der Waals surface area contributed by atoms with Crippen LogP contribution >= 0.6 is 0 Å². The van der Waals surface area contributed by atoms with Gasteiger partial charge in [0.25, 0.3) is 5.56 Å². The molecule has 2 aromatic carbocycles. The third-order valence-corrected chi connectivity index (χ3v) is 5.10. The van der Waals surface area contributed by atoms with Gasteiger partial charge in [0.2, 0.25) is 0 Å². The Labute approximate surface area is 177 Å². The molecule has 3 aromatic rings. The molecule has 0 fully saturated rings. The van der Waals surface area contributed by atoms with E-state index < -0.39 is 0 Å². The third kappa shape index (κ3) is 5.70. The minimum absolute atomic E-state index is 0.156. The summed E-state index contributed by atoms with van der Waals surface area (Å²) in [7, 11) is 4.02. The summed E-state index contributed by atoms with van der Waals surface area (Å²) in [5.74, 6) is 0. The van der Waals surface area contributed by atoms with Crippen molar-refractivity contribution in [3.8, 4) is 0 Å². The molecule has 1 aromatic heterocycles. The lowest BCUT2D eigenvalue weighted by atomic mass is 10.1. The van der Waals surface area contributed by atoms with Gasteiger partial charge in [0, 0.05) is 23.3 Å². The molecule has 30 heavy (non-hydrogen) atoms. The van der Waals surface area contributed by atoms with Gasteiger partial charge in [-0.2, -0.15) is 0 Å². The molecule has 0 saturated carbocycles. The number of aromatic amines is 1. The molecule has 0 unspecified atom stereocenters.